The van der Waals surface area contributed by atoms with Crippen LogP contribution in [-0.2, 0) is 9.53 Å². The van der Waals surface area contributed by atoms with Crippen LogP contribution in [0.15, 0.2) is 4.99 Å². The highest BCUT2D eigenvalue weighted by atomic mass is 16.5. The molecule has 0 rings (SSSR count). The minimum absolute atomic E-state index is 0.105. The standard InChI is InChI=1S/C9H19N3O2/c1-5-11-9(10)12-7(6(2)3)8(13)14-4/h6-7H,5H2,1-4H3,(H3,10,11,12). The lowest BCUT2D eigenvalue weighted by Gasteiger charge is -2.19. The zero-order valence-corrected chi connectivity index (χ0v) is 9.20. The molecule has 0 aliphatic heterocycles. The number of esters is 1. The summed E-state index contributed by atoms with van der Waals surface area (Å²) in [6, 6.07) is -0.435. The van der Waals surface area contributed by atoms with Gasteiger partial charge < -0.3 is 15.8 Å². The lowest BCUT2D eigenvalue weighted by molar-refractivity contribution is -0.143. The van der Waals surface area contributed by atoms with Crippen LogP contribution in [-0.4, -0.2) is 31.6 Å². The van der Waals surface area contributed by atoms with Gasteiger partial charge in [0.1, 0.15) is 6.04 Å². The predicted octanol–water partition coefficient (Wildman–Crippen LogP) is 0.108. The van der Waals surface area contributed by atoms with Gasteiger partial charge in [-0.05, 0) is 12.8 Å². The van der Waals surface area contributed by atoms with E-state index in [0.29, 0.717) is 6.54 Å². The highest BCUT2D eigenvalue weighted by Crippen LogP contribution is 2.02. The van der Waals surface area contributed by atoms with Crippen LogP contribution in [0.2, 0.25) is 0 Å². The van der Waals surface area contributed by atoms with E-state index in [9.17, 15) is 4.79 Å². The fourth-order valence-corrected chi connectivity index (χ4v) is 1.00. The Morgan fingerprint density at radius 3 is 2.50 bits per heavy atom. The number of hydrogen-bond donors (Lipinski definition) is 2. The van der Waals surface area contributed by atoms with E-state index in [4.69, 9.17) is 5.73 Å². The number of carbonyl (C=O) groups excluding carboxylic acids is 1. The van der Waals surface area contributed by atoms with E-state index in [1.54, 1.807) is 0 Å². The first kappa shape index (κ1) is 12.7. The first-order chi connectivity index (χ1) is 6.52. The van der Waals surface area contributed by atoms with Crippen molar-refractivity contribution >= 4 is 11.9 Å². The van der Waals surface area contributed by atoms with E-state index in [1.807, 2.05) is 20.8 Å². The van der Waals surface area contributed by atoms with Crippen LogP contribution >= 0.6 is 0 Å². The second-order valence-electron chi connectivity index (χ2n) is 3.25. The molecule has 0 amide bonds. The van der Waals surface area contributed by atoms with E-state index in [1.165, 1.54) is 7.11 Å². The molecule has 0 spiro atoms. The summed E-state index contributed by atoms with van der Waals surface area (Å²) in [5, 5.41) is 2.82. The lowest BCUT2D eigenvalue weighted by atomic mass is 10.1. The van der Waals surface area contributed by atoms with Gasteiger partial charge in [-0.1, -0.05) is 13.8 Å². The van der Waals surface area contributed by atoms with Gasteiger partial charge >= 0.3 is 5.97 Å². The maximum atomic E-state index is 11.3. The molecule has 0 bridgehead atoms. The van der Waals surface area contributed by atoms with E-state index in [-0.39, 0.29) is 17.8 Å². The Kier molecular flexibility index (Phi) is 5.67. The molecule has 5 nitrogen and oxygen atoms in total. The minimum atomic E-state index is -0.435. The third kappa shape index (κ3) is 4.11. The minimum Gasteiger partial charge on any atom is -0.467 e. The lowest BCUT2D eigenvalue weighted by Crippen LogP contribution is -2.48. The number of hydrogen-bond acceptors (Lipinski definition) is 3. The number of aliphatic imine (C=N–C) groups is 1. The smallest absolute Gasteiger partial charge is 0.328 e. The summed E-state index contributed by atoms with van der Waals surface area (Å²) in [6.07, 6.45) is 0. The zero-order chi connectivity index (χ0) is 11.1. The maximum Gasteiger partial charge on any atom is 0.328 e. The Morgan fingerprint density at radius 2 is 2.14 bits per heavy atom. The van der Waals surface area contributed by atoms with Crippen molar-refractivity contribution in [3.8, 4) is 0 Å². The number of ether oxygens (including phenoxy) is 1. The summed E-state index contributed by atoms with van der Waals surface area (Å²) in [5.74, 6) is 0.0545. The van der Waals surface area contributed by atoms with Crippen molar-refractivity contribution < 1.29 is 9.53 Å². The Bertz CT molecular complexity index is 214. The van der Waals surface area contributed by atoms with Crippen LogP contribution in [0.25, 0.3) is 0 Å². The molecule has 0 fully saturated rings. The molecule has 0 radical (unpaired) electrons. The molecule has 0 aromatic heterocycles. The molecule has 0 heterocycles. The van der Waals surface area contributed by atoms with E-state index >= 15 is 0 Å². The Balaban J connectivity index is 4.38. The molecule has 5 heteroatoms. The monoisotopic (exact) mass is 201 g/mol. The molecule has 3 N–H and O–H groups in total. The average Bonchev–Trinajstić information content (AvgIpc) is 2.13. The number of methoxy groups -OCH3 is 1. The number of nitrogens with two attached hydrogens (primary N) is 1. The third-order valence-corrected chi connectivity index (χ3v) is 1.75. The van der Waals surface area contributed by atoms with Gasteiger partial charge in [-0.2, -0.15) is 0 Å². The van der Waals surface area contributed by atoms with Crippen molar-refractivity contribution in [2.45, 2.75) is 26.8 Å². The molecule has 82 valence electrons. The third-order valence-electron chi connectivity index (χ3n) is 1.75. The van der Waals surface area contributed by atoms with Crippen LogP contribution in [0.1, 0.15) is 20.8 Å². The van der Waals surface area contributed by atoms with Crippen LogP contribution in [0, 0.1) is 5.92 Å². The first-order valence-corrected chi connectivity index (χ1v) is 4.67. The molecule has 14 heavy (non-hydrogen) atoms. The van der Waals surface area contributed by atoms with Crippen LogP contribution in [0.4, 0.5) is 0 Å². The van der Waals surface area contributed by atoms with Crippen LogP contribution < -0.4 is 11.1 Å². The van der Waals surface area contributed by atoms with Gasteiger partial charge in [-0.3, -0.25) is 4.99 Å². The molecular formula is C9H19N3O2. The highest BCUT2D eigenvalue weighted by molar-refractivity contribution is 5.85. The average molecular weight is 201 g/mol. The topological polar surface area (TPSA) is 76.7 Å². The van der Waals surface area contributed by atoms with Crippen molar-refractivity contribution in [1.82, 2.24) is 5.32 Å². The van der Waals surface area contributed by atoms with E-state index in [2.05, 4.69) is 15.0 Å². The quantitative estimate of drug-likeness (QED) is 0.384. The molecule has 1 unspecified atom stereocenters. The van der Waals surface area contributed by atoms with Gasteiger partial charge in [0.25, 0.3) is 0 Å². The molecule has 0 aromatic rings. The fourth-order valence-electron chi connectivity index (χ4n) is 1.00. The summed E-state index contributed by atoms with van der Waals surface area (Å²) >= 11 is 0. The van der Waals surface area contributed by atoms with Crippen molar-refractivity contribution in [2.24, 2.45) is 16.6 Å². The first-order valence-electron chi connectivity index (χ1n) is 4.67. The molecule has 0 saturated heterocycles. The summed E-state index contributed by atoms with van der Waals surface area (Å²) in [7, 11) is 1.35. The van der Waals surface area contributed by atoms with Crippen molar-refractivity contribution in [2.75, 3.05) is 13.7 Å². The molecule has 1 atom stereocenters. The molecular weight excluding hydrogens is 182 g/mol. The second-order valence-corrected chi connectivity index (χ2v) is 3.25. The second kappa shape index (κ2) is 6.23. The van der Waals surface area contributed by atoms with Gasteiger partial charge in [-0.25, -0.2) is 4.79 Å². The molecule has 0 aliphatic rings. The van der Waals surface area contributed by atoms with Gasteiger partial charge in [0.2, 0.25) is 0 Å². The van der Waals surface area contributed by atoms with Gasteiger partial charge in [0, 0.05) is 6.54 Å². The normalized spacial score (nSPS) is 13.9. The number of nitrogens with one attached hydrogen (secondary N) is 1. The number of guanidine groups is 1. The largest absolute Gasteiger partial charge is 0.467 e. The Morgan fingerprint density at radius 1 is 1.57 bits per heavy atom. The van der Waals surface area contributed by atoms with E-state index < -0.39 is 6.04 Å². The Hall–Kier alpha value is -1.26. The van der Waals surface area contributed by atoms with Crippen molar-refractivity contribution in [3.05, 3.63) is 0 Å². The highest BCUT2D eigenvalue weighted by Gasteiger charge is 2.22. The van der Waals surface area contributed by atoms with Gasteiger partial charge in [0.05, 0.1) is 7.11 Å². The van der Waals surface area contributed by atoms with Crippen molar-refractivity contribution in [3.63, 3.8) is 0 Å². The summed E-state index contributed by atoms with van der Waals surface area (Å²) in [4.78, 5) is 15.2. The zero-order valence-electron chi connectivity index (χ0n) is 9.20. The number of rotatable bonds is 4. The van der Waals surface area contributed by atoms with Crippen LogP contribution in [0.3, 0.4) is 0 Å². The molecule has 0 aromatic carbocycles. The number of carbonyl (C=O) groups is 1. The fraction of sp³-hybridized carbons (Fsp3) is 0.778. The maximum absolute atomic E-state index is 11.3. The molecule has 0 saturated carbocycles. The van der Waals surface area contributed by atoms with Crippen LogP contribution in [0.5, 0.6) is 0 Å². The number of nitrogens with zero attached hydrogens (tertiary/aromatic N) is 1. The summed E-state index contributed by atoms with van der Waals surface area (Å²) in [6.45, 7) is 6.28. The van der Waals surface area contributed by atoms with Gasteiger partial charge in [0.15, 0.2) is 5.96 Å². The summed E-state index contributed by atoms with van der Waals surface area (Å²) in [5.41, 5.74) is 5.55. The van der Waals surface area contributed by atoms with Gasteiger partial charge in [-0.15, -0.1) is 0 Å². The Labute approximate surface area is 84.7 Å². The predicted molar refractivity (Wildman–Crippen MR) is 55.9 cm³/mol. The molecule has 0 aliphatic carbocycles. The van der Waals surface area contributed by atoms with Crippen molar-refractivity contribution in [1.29, 1.82) is 0 Å². The summed E-state index contributed by atoms with van der Waals surface area (Å²) < 4.78 is 4.64. The van der Waals surface area contributed by atoms with E-state index in [0.717, 1.165) is 0 Å². The SMILES string of the molecule is CCN=C(N)NC(C(=O)OC)C(C)C.